The van der Waals surface area contributed by atoms with Gasteiger partial charge in [-0.05, 0) is 25.3 Å². The van der Waals surface area contributed by atoms with Crippen molar-refractivity contribution in [3.05, 3.63) is 12.2 Å². The normalized spacial score (nSPS) is 18.0. The van der Waals surface area contributed by atoms with Crippen LogP contribution in [0.4, 0.5) is 0 Å². The van der Waals surface area contributed by atoms with E-state index in [2.05, 4.69) is 6.92 Å². The average molecular weight is 357 g/mol. The van der Waals surface area contributed by atoms with Crippen molar-refractivity contribution in [2.24, 2.45) is 0 Å². The first-order valence-electron chi connectivity index (χ1n) is 9.95. The Morgan fingerprint density at radius 3 is 2.16 bits per heavy atom. The van der Waals surface area contributed by atoms with Gasteiger partial charge in [0.1, 0.15) is 0 Å². The Balaban J connectivity index is 2.10. The van der Waals surface area contributed by atoms with Gasteiger partial charge in [0.15, 0.2) is 5.79 Å². The summed E-state index contributed by atoms with van der Waals surface area (Å²) < 4.78 is 11.6. The molecular formula is C20H36O5. The molecule has 0 bridgehead atoms. The topological polar surface area (TPSA) is 76.0 Å². The van der Waals surface area contributed by atoms with Gasteiger partial charge in [0, 0.05) is 12.8 Å². The van der Waals surface area contributed by atoms with E-state index in [9.17, 15) is 9.90 Å². The van der Waals surface area contributed by atoms with E-state index in [0.717, 1.165) is 51.4 Å². The van der Waals surface area contributed by atoms with Crippen LogP contribution in [0.1, 0.15) is 84.0 Å². The quantitative estimate of drug-likeness (QED) is 0.335. The predicted molar refractivity (Wildman–Crippen MR) is 98.5 cm³/mol. The number of unbranched alkanes of at least 4 members (excludes halogenated alkanes) is 7. The lowest BCUT2D eigenvalue weighted by molar-refractivity contribution is -0.137. The van der Waals surface area contributed by atoms with Crippen molar-refractivity contribution in [2.75, 3.05) is 13.2 Å². The number of hydrogen-bond acceptors (Lipinski definition) is 4. The Labute approximate surface area is 152 Å². The minimum Gasteiger partial charge on any atom is -0.481 e. The Kier molecular flexibility index (Phi) is 11.8. The summed E-state index contributed by atoms with van der Waals surface area (Å²) in [5.74, 6) is -1.33. The third-order valence-corrected chi connectivity index (χ3v) is 4.60. The van der Waals surface area contributed by atoms with Crippen molar-refractivity contribution in [1.82, 2.24) is 0 Å². The van der Waals surface area contributed by atoms with Crippen LogP contribution >= 0.6 is 0 Å². The lowest BCUT2D eigenvalue weighted by Gasteiger charge is -2.24. The molecule has 0 aromatic rings. The molecule has 0 aliphatic carbocycles. The summed E-state index contributed by atoms with van der Waals surface area (Å²) in [6, 6.07) is 0. The molecule has 5 heteroatoms. The maximum Gasteiger partial charge on any atom is 0.303 e. The maximum atomic E-state index is 10.4. The lowest BCUT2D eigenvalue weighted by Crippen LogP contribution is -2.27. The van der Waals surface area contributed by atoms with E-state index in [0.29, 0.717) is 19.6 Å². The molecule has 25 heavy (non-hydrogen) atoms. The zero-order valence-corrected chi connectivity index (χ0v) is 15.8. The molecule has 146 valence electrons. The van der Waals surface area contributed by atoms with Gasteiger partial charge in [-0.2, -0.15) is 0 Å². The number of rotatable bonds is 15. The molecule has 5 nitrogen and oxygen atoms in total. The molecule has 1 atom stereocenters. The van der Waals surface area contributed by atoms with Gasteiger partial charge in [-0.15, -0.1) is 0 Å². The molecule has 2 N–H and O–H groups in total. The van der Waals surface area contributed by atoms with Crippen LogP contribution in [0.25, 0.3) is 0 Å². The van der Waals surface area contributed by atoms with Crippen LogP contribution in [0.5, 0.6) is 0 Å². The van der Waals surface area contributed by atoms with Gasteiger partial charge in [-0.1, -0.05) is 57.9 Å². The van der Waals surface area contributed by atoms with Gasteiger partial charge in [-0.25, -0.2) is 0 Å². The first-order valence-corrected chi connectivity index (χ1v) is 9.95. The summed E-state index contributed by atoms with van der Waals surface area (Å²) in [6.45, 7) is 3.29. The number of aliphatic hydroxyl groups excluding tert-OH is 1. The molecule has 0 aromatic heterocycles. The molecule has 1 rings (SSSR count). The predicted octanol–water partition coefficient (Wildman–Crippen LogP) is 4.43. The second kappa shape index (κ2) is 13.3. The lowest BCUT2D eigenvalue weighted by atomic mass is 10.0. The van der Waals surface area contributed by atoms with Gasteiger partial charge in [-0.3, -0.25) is 4.79 Å². The van der Waals surface area contributed by atoms with Crippen molar-refractivity contribution >= 4 is 5.97 Å². The standard InChI is InChI=1S/C20H36O5/c1-2-11-18(21)13-15-20(24-16-17-25-20)14-10-8-6-4-3-5-7-9-12-19(22)23/h13,15,18,21H,2-12,14,16-17H2,1H3,(H,22,23)/b15-13+/t18-/m1/s1. The van der Waals surface area contributed by atoms with E-state index in [1.807, 2.05) is 12.2 Å². The molecule has 0 unspecified atom stereocenters. The van der Waals surface area contributed by atoms with Gasteiger partial charge in [0.25, 0.3) is 0 Å². The number of aliphatic carboxylic acids is 1. The zero-order chi connectivity index (χ0) is 18.4. The molecule has 0 saturated carbocycles. The summed E-state index contributed by atoms with van der Waals surface area (Å²) in [7, 11) is 0. The molecule has 1 saturated heterocycles. The van der Waals surface area contributed by atoms with Crippen LogP contribution in [0.15, 0.2) is 12.2 Å². The fourth-order valence-corrected chi connectivity index (χ4v) is 3.15. The number of carboxylic acids is 1. The van der Waals surface area contributed by atoms with E-state index in [1.165, 1.54) is 19.3 Å². The molecule has 0 amide bonds. The number of ether oxygens (including phenoxy) is 2. The smallest absolute Gasteiger partial charge is 0.303 e. The number of carbonyl (C=O) groups is 1. The summed E-state index contributed by atoms with van der Waals surface area (Å²) in [6.07, 6.45) is 14.9. The third kappa shape index (κ3) is 10.6. The van der Waals surface area contributed by atoms with E-state index < -0.39 is 17.9 Å². The van der Waals surface area contributed by atoms with Crippen LogP contribution in [-0.4, -0.2) is 41.3 Å². The summed E-state index contributed by atoms with van der Waals surface area (Å²) in [4.78, 5) is 10.4. The van der Waals surface area contributed by atoms with E-state index >= 15 is 0 Å². The first-order chi connectivity index (χ1) is 12.1. The van der Waals surface area contributed by atoms with Crippen molar-refractivity contribution < 1.29 is 24.5 Å². The highest BCUT2D eigenvalue weighted by Gasteiger charge is 2.33. The molecular weight excluding hydrogens is 320 g/mol. The largest absolute Gasteiger partial charge is 0.481 e. The molecule has 1 aliphatic heterocycles. The van der Waals surface area contributed by atoms with Crippen LogP contribution in [0.3, 0.4) is 0 Å². The summed E-state index contributed by atoms with van der Waals surface area (Å²) >= 11 is 0. The second-order valence-corrected chi connectivity index (χ2v) is 6.95. The van der Waals surface area contributed by atoms with E-state index in [1.54, 1.807) is 0 Å². The number of aliphatic hydroxyl groups is 1. The Bertz CT molecular complexity index is 374. The Morgan fingerprint density at radius 1 is 1.04 bits per heavy atom. The molecule has 1 heterocycles. The molecule has 0 radical (unpaired) electrons. The maximum absolute atomic E-state index is 10.4. The van der Waals surface area contributed by atoms with E-state index in [4.69, 9.17) is 14.6 Å². The van der Waals surface area contributed by atoms with E-state index in [-0.39, 0.29) is 0 Å². The SMILES string of the molecule is CCC[C@@H](O)/C=C/C1(CCCCCCCCCCC(=O)O)OCCO1. The summed E-state index contributed by atoms with van der Waals surface area (Å²) in [5.41, 5.74) is 0. The van der Waals surface area contributed by atoms with Crippen molar-refractivity contribution in [3.8, 4) is 0 Å². The van der Waals surface area contributed by atoms with Gasteiger partial charge >= 0.3 is 5.97 Å². The molecule has 1 fully saturated rings. The molecule has 0 spiro atoms. The van der Waals surface area contributed by atoms with Gasteiger partial charge in [0.2, 0.25) is 0 Å². The highest BCUT2D eigenvalue weighted by molar-refractivity contribution is 5.66. The van der Waals surface area contributed by atoms with Crippen molar-refractivity contribution in [2.45, 2.75) is 95.9 Å². The number of hydrogen-bond donors (Lipinski definition) is 2. The van der Waals surface area contributed by atoms with Crippen LogP contribution in [-0.2, 0) is 14.3 Å². The first kappa shape index (κ1) is 22.1. The highest BCUT2D eigenvalue weighted by Crippen LogP contribution is 2.28. The van der Waals surface area contributed by atoms with Gasteiger partial charge in [0.05, 0.1) is 19.3 Å². The zero-order valence-electron chi connectivity index (χ0n) is 15.8. The Hall–Kier alpha value is -0.910. The second-order valence-electron chi connectivity index (χ2n) is 6.95. The minimum atomic E-state index is -0.693. The molecule has 0 aromatic carbocycles. The van der Waals surface area contributed by atoms with Crippen LogP contribution in [0, 0.1) is 0 Å². The van der Waals surface area contributed by atoms with Crippen molar-refractivity contribution in [1.29, 1.82) is 0 Å². The third-order valence-electron chi connectivity index (χ3n) is 4.60. The average Bonchev–Trinajstić information content (AvgIpc) is 3.04. The fourth-order valence-electron chi connectivity index (χ4n) is 3.15. The van der Waals surface area contributed by atoms with Crippen LogP contribution < -0.4 is 0 Å². The fraction of sp³-hybridized carbons (Fsp3) is 0.850. The molecule has 1 aliphatic rings. The highest BCUT2D eigenvalue weighted by atomic mass is 16.7. The van der Waals surface area contributed by atoms with Crippen LogP contribution in [0.2, 0.25) is 0 Å². The Morgan fingerprint density at radius 2 is 1.60 bits per heavy atom. The number of carboxylic acid groups (broad SMARTS) is 1. The van der Waals surface area contributed by atoms with Gasteiger partial charge < -0.3 is 19.7 Å². The van der Waals surface area contributed by atoms with Crippen molar-refractivity contribution in [3.63, 3.8) is 0 Å². The monoisotopic (exact) mass is 356 g/mol. The minimum absolute atomic E-state index is 0.294. The summed E-state index contributed by atoms with van der Waals surface area (Å²) in [5, 5.41) is 18.4.